The van der Waals surface area contributed by atoms with Crippen LogP contribution in [0.4, 0.5) is 0 Å². The highest BCUT2D eigenvalue weighted by molar-refractivity contribution is 5.72. The molecule has 1 saturated heterocycles. The molecule has 0 radical (unpaired) electrons. The van der Waals surface area contributed by atoms with E-state index in [9.17, 15) is 9.90 Å². The van der Waals surface area contributed by atoms with Gasteiger partial charge >= 0.3 is 5.97 Å². The van der Waals surface area contributed by atoms with Gasteiger partial charge in [0.2, 0.25) is 0 Å². The molecule has 4 heteroatoms. The largest absolute Gasteiger partial charge is 0.466 e. The van der Waals surface area contributed by atoms with Gasteiger partial charge < -0.3 is 14.7 Å². The van der Waals surface area contributed by atoms with E-state index in [1.165, 1.54) is 0 Å². The van der Waals surface area contributed by atoms with Crippen LogP contribution in [0.5, 0.6) is 0 Å². The summed E-state index contributed by atoms with van der Waals surface area (Å²) in [6.45, 7) is 6.94. The highest BCUT2D eigenvalue weighted by Gasteiger charge is 2.42. The summed E-state index contributed by atoms with van der Waals surface area (Å²) in [5.41, 5.74) is 0. The maximum absolute atomic E-state index is 11.5. The molecule has 2 fully saturated rings. The molecule has 1 aliphatic heterocycles. The molecule has 4 nitrogen and oxygen atoms in total. The highest BCUT2D eigenvalue weighted by atomic mass is 16.5. The molecule has 0 aromatic rings. The van der Waals surface area contributed by atoms with Gasteiger partial charge in [-0.05, 0) is 25.7 Å². The van der Waals surface area contributed by atoms with E-state index in [4.69, 9.17) is 4.74 Å². The van der Waals surface area contributed by atoms with Gasteiger partial charge in [-0.1, -0.05) is 6.92 Å². The molecule has 98 valence electrons. The lowest BCUT2D eigenvalue weighted by Gasteiger charge is -2.21. The van der Waals surface area contributed by atoms with E-state index < -0.39 is 0 Å². The van der Waals surface area contributed by atoms with E-state index in [0.29, 0.717) is 18.4 Å². The van der Waals surface area contributed by atoms with Crippen molar-refractivity contribution in [1.82, 2.24) is 4.90 Å². The second kappa shape index (κ2) is 5.36. The van der Waals surface area contributed by atoms with Crippen LogP contribution in [0.3, 0.4) is 0 Å². The third kappa shape index (κ3) is 2.80. The van der Waals surface area contributed by atoms with Crippen molar-refractivity contribution in [2.45, 2.75) is 32.8 Å². The van der Waals surface area contributed by atoms with Crippen molar-refractivity contribution in [3.8, 4) is 0 Å². The average molecular weight is 241 g/mol. The van der Waals surface area contributed by atoms with Gasteiger partial charge in [0.05, 0.1) is 18.6 Å². The summed E-state index contributed by atoms with van der Waals surface area (Å²) >= 11 is 0. The Bertz CT molecular complexity index is 282. The summed E-state index contributed by atoms with van der Waals surface area (Å²) in [5.74, 6) is 0.903. The molecule has 1 heterocycles. The van der Waals surface area contributed by atoms with Crippen molar-refractivity contribution in [2.24, 2.45) is 17.8 Å². The van der Waals surface area contributed by atoms with Gasteiger partial charge in [-0.3, -0.25) is 4.79 Å². The number of ether oxygens (including phenoxy) is 1. The Hall–Kier alpha value is -0.610. The van der Waals surface area contributed by atoms with Crippen molar-refractivity contribution in [1.29, 1.82) is 0 Å². The number of hydrogen-bond donors (Lipinski definition) is 1. The zero-order valence-corrected chi connectivity index (χ0v) is 10.8. The van der Waals surface area contributed by atoms with E-state index in [1.807, 2.05) is 13.8 Å². The van der Waals surface area contributed by atoms with E-state index in [1.54, 1.807) is 0 Å². The fraction of sp³-hybridized carbons (Fsp3) is 0.923. The number of likely N-dealkylation sites (tertiary alicyclic amines) is 1. The molecule has 0 spiro atoms. The van der Waals surface area contributed by atoms with Gasteiger partial charge in [0, 0.05) is 25.6 Å². The first-order valence-corrected chi connectivity index (χ1v) is 6.68. The smallest absolute Gasteiger partial charge is 0.309 e. The SMILES string of the molecule is CCOC(=O)C(C)CN1CC2CCC(O)C2C1. The first-order chi connectivity index (χ1) is 8.11. The average Bonchev–Trinajstić information content (AvgIpc) is 2.82. The first-order valence-electron chi connectivity index (χ1n) is 6.68. The Morgan fingerprint density at radius 1 is 1.47 bits per heavy atom. The van der Waals surface area contributed by atoms with Crippen LogP contribution in [-0.4, -0.2) is 48.3 Å². The maximum Gasteiger partial charge on any atom is 0.309 e. The van der Waals surface area contributed by atoms with Gasteiger partial charge in [0.25, 0.3) is 0 Å². The number of fused-ring (bicyclic) bond motifs is 1. The third-order valence-corrected chi connectivity index (χ3v) is 4.12. The zero-order valence-electron chi connectivity index (χ0n) is 10.8. The molecule has 1 N–H and O–H groups in total. The number of esters is 1. The second-order valence-electron chi connectivity index (χ2n) is 5.44. The topological polar surface area (TPSA) is 49.8 Å². The Balaban J connectivity index is 1.80. The van der Waals surface area contributed by atoms with Crippen molar-refractivity contribution < 1.29 is 14.6 Å². The Labute approximate surface area is 103 Å². The molecule has 2 aliphatic rings. The van der Waals surface area contributed by atoms with E-state index in [2.05, 4.69) is 4.90 Å². The lowest BCUT2D eigenvalue weighted by molar-refractivity contribution is -0.147. The van der Waals surface area contributed by atoms with Crippen LogP contribution in [-0.2, 0) is 9.53 Å². The molecular formula is C13H23NO3. The molecule has 2 rings (SSSR count). The third-order valence-electron chi connectivity index (χ3n) is 4.12. The highest BCUT2D eigenvalue weighted by Crippen LogP contribution is 2.38. The van der Waals surface area contributed by atoms with Gasteiger partial charge in [-0.15, -0.1) is 0 Å². The molecule has 0 bridgehead atoms. The van der Waals surface area contributed by atoms with Crippen molar-refractivity contribution in [2.75, 3.05) is 26.2 Å². The monoisotopic (exact) mass is 241 g/mol. The summed E-state index contributed by atoms with van der Waals surface area (Å²) in [5, 5.41) is 9.83. The van der Waals surface area contributed by atoms with E-state index in [-0.39, 0.29) is 18.0 Å². The standard InChI is InChI=1S/C13H23NO3/c1-3-17-13(16)9(2)6-14-7-10-4-5-12(15)11(10)8-14/h9-12,15H,3-8H2,1-2H3. The van der Waals surface area contributed by atoms with Crippen molar-refractivity contribution in [3.05, 3.63) is 0 Å². The van der Waals surface area contributed by atoms with Crippen LogP contribution in [0.15, 0.2) is 0 Å². The quantitative estimate of drug-likeness (QED) is 0.743. The number of carbonyl (C=O) groups is 1. The predicted molar refractivity (Wildman–Crippen MR) is 64.5 cm³/mol. The van der Waals surface area contributed by atoms with Gasteiger partial charge in [0.1, 0.15) is 0 Å². The summed E-state index contributed by atoms with van der Waals surface area (Å²) < 4.78 is 5.01. The van der Waals surface area contributed by atoms with Gasteiger partial charge in [-0.25, -0.2) is 0 Å². The predicted octanol–water partition coefficient (Wildman–Crippen LogP) is 0.888. The van der Waals surface area contributed by atoms with Crippen LogP contribution in [0.1, 0.15) is 26.7 Å². The van der Waals surface area contributed by atoms with Crippen LogP contribution in [0.2, 0.25) is 0 Å². The first kappa shape index (κ1) is 12.8. The minimum Gasteiger partial charge on any atom is -0.466 e. The van der Waals surface area contributed by atoms with Crippen LogP contribution < -0.4 is 0 Å². The zero-order chi connectivity index (χ0) is 12.4. The summed E-state index contributed by atoms with van der Waals surface area (Å²) in [7, 11) is 0. The van der Waals surface area contributed by atoms with Gasteiger partial charge in [-0.2, -0.15) is 0 Å². The van der Waals surface area contributed by atoms with Crippen LogP contribution >= 0.6 is 0 Å². The van der Waals surface area contributed by atoms with E-state index >= 15 is 0 Å². The summed E-state index contributed by atoms with van der Waals surface area (Å²) in [6.07, 6.45) is 1.97. The summed E-state index contributed by atoms with van der Waals surface area (Å²) in [6, 6.07) is 0. The van der Waals surface area contributed by atoms with E-state index in [0.717, 1.165) is 32.5 Å². The number of carbonyl (C=O) groups excluding carboxylic acids is 1. The van der Waals surface area contributed by atoms with Crippen molar-refractivity contribution >= 4 is 5.97 Å². The lowest BCUT2D eigenvalue weighted by atomic mass is 10.00. The molecule has 1 saturated carbocycles. The molecule has 1 aliphatic carbocycles. The summed E-state index contributed by atoms with van der Waals surface area (Å²) in [4.78, 5) is 13.8. The minimum atomic E-state index is -0.122. The molecular weight excluding hydrogens is 218 g/mol. The van der Waals surface area contributed by atoms with Crippen LogP contribution in [0.25, 0.3) is 0 Å². The lowest BCUT2D eigenvalue weighted by Crippen LogP contribution is -2.32. The Morgan fingerprint density at radius 2 is 2.24 bits per heavy atom. The molecule has 4 unspecified atom stereocenters. The number of hydrogen-bond acceptors (Lipinski definition) is 4. The fourth-order valence-corrected chi connectivity index (χ4v) is 3.22. The van der Waals surface area contributed by atoms with Crippen LogP contribution in [0, 0.1) is 17.8 Å². The fourth-order valence-electron chi connectivity index (χ4n) is 3.22. The number of aliphatic hydroxyl groups excluding tert-OH is 1. The maximum atomic E-state index is 11.5. The normalized spacial score (nSPS) is 34.6. The number of nitrogens with zero attached hydrogens (tertiary/aromatic N) is 1. The minimum absolute atomic E-state index is 0.0640. The molecule has 0 aromatic heterocycles. The molecule has 4 atom stereocenters. The van der Waals surface area contributed by atoms with Crippen molar-refractivity contribution in [3.63, 3.8) is 0 Å². The molecule has 0 amide bonds. The molecule has 0 aromatic carbocycles. The molecule has 17 heavy (non-hydrogen) atoms. The number of aliphatic hydroxyl groups is 1. The Morgan fingerprint density at radius 3 is 2.88 bits per heavy atom. The van der Waals surface area contributed by atoms with Gasteiger partial charge in [0.15, 0.2) is 0 Å². The Kier molecular flexibility index (Phi) is 4.05. The number of rotatable bonds is 4. The second-order valence-corrected chi connectivity index (χ2v) is 5.44.